The molecule has 4 nitrogen and oxygen atoms in total. The quantitative estimate of drug-likeness (QED) is 0.942. The van der Waals surface area contributed by atoms with Gasteiger partial charge in [0.05, 0.1) is 0 Å². The van der Waals surface area contributed by atoms with Crippen LogP contribution in [0.25, 0.3) is 11.4 Å². The van der Waals surface area contributed by atoms with Gasteiger partial charge in [-0.25, -0.2) is 4.39 Å². The third-order valence-corrected chi connectivity index (χ3v) is 4.46. The monoisotopic (exact) mass is 293 g/mol. The maximum atomic E-state index is 13.3. The van der Waals surface area contributed by atoms with Crippen molar-refractivity contribution in [2.24, 2.45) is 0 Å². The molecule has 0 bridgehead atoms. The van der Waals surface area contributed by atoms with Crippen LogP contribution in [-0.4, -0.2) is 34.2 Å². The molecule has 6 heteroatoms. The van der Waals surface area contributed by atoms with Gasteiger partial charge in [0.15, 0.2) is 0 Å². The van der Waals surface area contributed by atoms with Crippen LogP contribution in [-0.2, 0) is 6.42 Å². The normalized spacial score (nSPS) is 19.2. The Morgan fingerprint density at radius 1 is 1.50 bits per heavy atom. The predicted octanol–water partition coefficient (Wildman–Crippen LogP) is 2.43. The highest BCUT2D eigenvalue weighted by atomic mass is 32.2. The van der Waals surface area contributed by atoms with E-state index in [1.54, 1.807) is 6.07 Å². The number of aryl methyl sites for hydroxylation is 1. The van der Waals surface area contributed by atoms with Gasteiger partial charge in [0.25, 0.3) is 0 Å². The predicted molar refractivity (Wildman–Crippen MR) is 77.2 cm³/mol. The number of thioether (sulfide) groups is 1. The first-order chi connectivity index (χ1) is 9.72. The molecule has 0 spiro atoms. The summed E-state index contributed by atoms with van der Waals surface area (Å²) in [5.41, 5.74) is 1.62. The average molecular weight is 293 g/mol. The van der Waals surface area contributed by atoms with Crippen LogP contribution in [0.5, 0.6) is 0 Å². The minimum atomic E-state index is -0.290. The number of aromatic nitrogens is 2. The molecule has 1 N–H and O–H groups in total. The van der Waals surface area contributed by atoms with Crippen LogP contribution in [0.4, 0.5) is 4.39 Å². The maximum absolute atomic E-state index is 13.3. The van der Waals surface area contributed by atoms with E-state index >= 15 is 0 Å². The number of nitrogens with one attached hydrogen (secondary N) is 1. The van der Waals surface area contributed by atoms with Crippen molar-refractivity contribution < 1.29 is 8.91 Å². The van der Waals surface area contributed by atoms with Crippen LogP contribution >= 0.6 is 11.8 Å². The lowest BCUT2D eigenvalue weighted by molar-refractivity contribution is 0.363. The number of halogens is 1. The molecule has 1 aromatic heterocycles. The van der Waals surface area contributed by atoms with Crippen LogP contribution in [0.1, 0.15) is 11.5 Å². The lowest BCUT2D eigenvalue weighted by Crippen LogP contribution is -2.38. The molecule has 0 saturated carbocycles. The van der Waals surface area contributed by atoms with Gasteiger partial charge in [-0.15, -0.1) is 0 Å². The van der Waals surface area contributed by atoms with Gasteiger partial charge in [-0.3, -0.25) is 0 Å². The number of hydrogen-bond donors (Lipinski definition) is 1. The van der Waals surface area contributed by atoms with E-state index in [0.717, 1.165) is 23.6 Å². The van der Waals surface area contributed by atoms with E-state index in [0.29, 0.717) is 29.7 Å². The SMILES string of the molecule is Cc1ccc(F)cc1-c1noc(CC2CSCCN2)n1. The fourth-order valence-electron chi connectivity index (χ4n) is 2.24. The zero-order chi connectivity index (χ0) is 13.9. The van der Waals surface area contributed by atoms with Crippen molar-refractivity contribution in [2.45, 2.75) is 19.4 Å². The van der Waals surface area contributed by atoms with Gasteiger partial charge < -0.3 is 9.84 Å². The molecule has 2 aromatic rings. The Balaban J connectivity index is 1.77. The zero-order valence-electron chi connectivity index (χ0n) is 11.2. The molecular formula is C14H16FN3OS. The maximum Gasteiger partial charge on any atom is 0.228 e. The van der Waals surface area contributed by atoms with Gasteiger partial charge in [-0.05, 0) is 24.6 Å². The number of nitrogens with zero attached hydrogens (tertiary/aromatic N) is 2. The molecule has 2 heterocycles. The second-order valence-electron chi connectivity index (χ2n) is 4.90. The van der Waals surface area contributed by atoms with Gasteiger partial charge in [0, 0.05) is 36.1 Å². The molecule has 1 aliphatic rings. The molecule has 1 aromatic carbocycles. The summed E-state index contributed by atoms with van der Waals surface area (Å²) in [7, 11) is 0. The van der Waals surface area contributed by atoms with E-state index in [9.17, 15) is 4.39 Å². The van der Waals surface area contributed by atoms with Crippen LogP contribution < -0.4 is 5.32 Å². The smallest absolute Gasteiger partial charge is 0.228 e. The topological polar surface area (TPSA) is 51.0 Å². The van der Waals surface area contributed by atoms with Crippen LogP contribution in [0, 0.1) is 12.7 Å². The van der Waals surface area contributed by atoms with E-state index in [2.05, 4.69) is 15.5 Å². The fraction of sp³-hybridized carbons (Fsp3) is 0.429. The highest BCUT2D eigenvalue weighted by Crippen LogP contribution is 2.22. The number of hydrogen-bond acceptors (Lipinski definition) is 5. The van der Waals surface area contributed by atoms with E-state index in [-0.39, 0.29) is 5.82 Å². The summed E-state index contributed by atoms with van der Waals surface area (Å²) in [5.74, 6) is 2.97. The first-order valence-electron chi connectivity index (χ1n) is 6.62. The Bertz CT molecular complexity index is 596. The highest BCUT2D eigenvalue weighted by molar-refractivity contribution is 7.99. The van der Waals surface area contributed by atoms with Crippen molar-refractivity contribution in [3.8, 4) is 11.4 Å². The molecule has 1 unspecified atom stereocenters. The molecule has 0 amide bonds. The standard InChI is InChI=1S/C14H16FN3OS/c1-9-2-3-10(15)6-12(9)14-17-13(19-18-14)7-11-8-20-5-4-16-11/h2-3,6,11,16H,4-5,7-8H2,1H3. The van der Waals surface area contributed by atoms with E-state index in [4.69, 9.17) is 4.52 Å². The first-order valence-corrected chi connectivity index (χ1v) is 7.78. The lowest BCUT2D eigenvalue weighted by Gasteiger charge is -2.21. The molecule has 20 heavy (non-hydrogen) atoms. The fourth-order valence-corrected chi connectivity index (χ4v) is 3.19. The van der Waals surface area contributed by atoms with Gasteiger partial charge in [0.2, 0.25) is 11.7 Å². The molecule has 1 saturated heterocycles. The van der Waals surface area contributed by atoms with Crippen LogP contribution in [0.3, 0.4) is 0 Å². The second kappa shape index (κ2) is 5.93. The van der Waals surface area contributed by atoms with Crippen molar-refractivity contribution in [1.82, 2.24) is 15.5 Å². The summed E-state index contributed by atoms with van der Waals surface area (Å²) in [6.07, 6.45) is 0.717. The van der Waals surface area contributed by atoms with Crippen molar-refractivity contribution in [3.63, 3.8) is 0 Å². The van der Waals surface area contributed by atoms with E-state index in [1.165, 1.54) is 12.1 Å². The highest BCUT2D eigenvalue weighted by Gasteiger charge is 2.18. The Morgan fingerprint density at radius 2 is 2.40 bits per heavy atom. The Morgan fingerprint density at radius 3 is 3.20 bits per heavy atom. The Kier molecular flexibility index (Phi) is 4.03. The molecule has 3 rings (SSSR count). The third kappa shape index (κ3) is 3.02. The van der Waals surface area contributed by atoms with Gasteiger partial charge in [-0.2, -0.15) is 16.7 Å². The van der Waals surface area contributed by atoms with Crippen molar-refractivity contribution in [1.29, 1.82) is 0 Å². The largest absolute Gasteiger partial charge is 0.339 e. The minimum absolute atomic E-state index is 0.290. The zero-order valence-corrected chi connectivity index (χ0v) is 12.0. The molecule has 1 aliphatic heterocycles. The molecular weight excluding hydrogens is 277 g/mol. The average Bonchev–Trinajstić information content (AvgIpc) is 2.91. The summed E-state index contributed by atoms with van der Waals surface area (Å²) in [6, 6.07) is 4.97. The summed E-state index contributed by atoms with van der Waals surface area (Å²) in [6.45, 7) is 2.92. The van der Waals surface area contributed by atoms with Crippen LogP contribution in [0.15, 0.2) is 22.7 Å². The van der Waals surface area contributed by atoms with Gasteiger partial charge in [0.1, 0.15) is 5.82 Å². The minimum Gasteiger partial charge on any atom is -0.339 e. The Hall–Kier alpha value is -1.40. The van der Waals surface area contributed by atoms with Crippen molar-refractivity contribution >= 4 is 11.8 Å². The van der Waals surface area contributed by atoms with Crippen LogP contribution in [0.2, 0.25) is 0 Å². The molecule has 1 atom stereocenters. The summed E-state index contributed by atoms with van der Waals surface area (Å²) < 4.78 is 18.6. The van der Waals surface area contributed by atoms with Crippen molar-refractivity contribution in [2.75, 3.05) is 18.1 Å². The third-order valence-electron chi connectivity index (χ3n) is 3.33. The first kappa shape index (κ1) is 13.6. The lowest BCUT2D eigenvalue weighted by atomic mass is 10.1. The van der Waals surface area contributed by atoms with E-state index in [1.807, 2.05) is 18.7 Å². The molecule has 106 valence electrons. The summed E-state index contributed by atoms with van der Waals surface area (Å²) in [4.78, 5) is 4.38. The molecule has 1 fully saturated rings. The Labute approximate surface area is 121 Å². The number of benzene rings is 1. The summed E-state index contributed by atoms with van der Waals surface area (Å²) >= 11 is 1.93. The number of rotatable bonds is 3. The molecule has 0 aliphatic carbocycles. The molecule has 0 radical (unpaired) electrons. The van der Waals surface area contributed by atoms with Gasteiger partial charge in [-0.1, -0.05) is 11.2 Å². The summed E-state index contributed by atoms with van der Waals surface area (Å²) in [5, 5.41) is 7.39. The second-order valence-corrected chi connectivity index (χ2v) is 6.05. The van der Waals surface area contributed by atoms with Gasteiger partial charge >= 0.3 is 0 Å². The van der Waals surface area contributed by atoms with Crippen molar-refractivity contribution in [3.05, 3.63) is 35.5 Å². The van der Waals surface area contributed by atoms with E-state index < -0.39 is 0 Å².